The lowest BCUT2D eigenvalue weighted by molar-refractivity contribution is 0.0935. The molecule has 8 heteroatoms. The summed E-state index contributed by atoms with van der Waals surface area (Å²) in [4.78, 5) is 24.1. The molecule has 0 radical (unpaired) electrons. The van der Waals surface area contributed by atoms with Crippen LogP contribution in [0.3, 0.4) is 0 Å². The van der Waals surface area contributed by atoms with Crippen LogP contribution in [0.5, 0.6) is 0 Å². The smallest absolute Gasteiger partial charge is 0.293 e. The molecule has 0 aliphatic carbocycles. The number of carbonyl (C=O) groups is 2. The van der Waals surface area contributed by atoms with Gasteiger partial charge in [0, 0.05) is 13.7 Å². The average Bonchev–Trinajstić information content (AvgIpc) is 3.10. The quantitative estimate of drug-likeness (QED) is 0.545. The van der Waals surface area contributed by atoms with Gasteiger partial charge < -0.3 is 19.8 Å². The van der Waals surface area contributed by atoms with Crippen molar-refractivity contribution in [2.75, 3.05) is 25.6 Å². The van der Waals surface area contributed by atoms with Crippen LogP contribution < -0.4 is 16.0 Å². The molecular weight excluding hydrogens is 330 g/mol. The molecule has 2 rings (SSSR count). The second-order valence-corrected chi connectivity index (χ2v) is 5.09. The van der Waals surface area contributed by atoms with E-state index in [9.17, 15) is 9.59 Å². The fourth-order valence-electron chi connectivity index (χ4n) is 1.88. The number of methoxy groups -OCH3 is 1. The highest BCUT2D eigenvalue weighted by molar-refractivity contribution is 7.80. The van der Waals surface area contributed by atoms with Gasteiger partial charge in [-0.15, -0.1) is 0 Å². The van der Waals surface area contributed by atoms with Gasteiger partial charge >= 0.3 is 0 Å². The number of benzene rings is 1. The molecular formula is C16H17N3O4S. The van der Waals surface area contributed by atoms with Crippen LogP contribution in [0, 0.1) is 0 Å². The van der Waals surface area contributed by atoms with E-state index in [2.05, 4.69) is 16.0 Å². The molecule has 0 spiro atoms. The van der Waals surface area contributed by atoms with Crippen molar-refractivity contribution in [2.45, 2.75) is 0 Å². The van der Waals surface area contributed by atoms with Crippen molar-refractivity contribution in [1.82, 2.24) is 10.6 Å². The fourth-order valence-corrected chi connectivity index (χ4v) is 2.08. The minimum Gasteiger partial charge on any atom is -0.459 e. The first-order valence-corrected chi connectivity index (χ1v) is 7.54. The first-order valence-electron chi connectivity index (χ1n) is 7.14. The summed E-state index contributed by atoms with van der Waals surface area (Å²) >= 11 is 5.10. The maximum Gasteiger partial charge on any atom is 0.293 e. The summed E-state index contributed by atoms with van der Waals surface area (Å²) in [5.74, 6) is -0.598. The van der Waals surface area contributed by atoms with Crippen molar-refractivity contribution in [3.05, 3.63) is 54.0 Å². The van der Waals surface area contributed by atoms with Crippen LogP contribution in [0.1, 0.15) is 20.9 Å². The van der Waals surface area contributed by atoms with Crippen LogP contribution in [0.2, 0.25) is 0 Å². The van der Waals surface area contributed by atoms with E-state index in [1.54, 1.807) is 37.4 Å². The Kier molecular flexibility index (Phi) is 6.47. The number of thiocarbonyl (C=S) groups is 1. The number of furan rings is 1. The van der Waals surface area contributed by atoms with Crippen molar-refractivity contribution in [3.63, 3.8) is 0 Å². The van der Waals surface area contributed by atoms with Crippen molar-refractivity contribution in [1.29, 1.82) is 0 Å². The number of amides is 2. The lowest BCUT2D eigenvalue weighted by Crippen LogP contribution is -2.35. The standard InChI is InChI=1S/C16H17N3O4S/c1-22-10-8-17-14(20)11-5-2-3-6-12(11)18-16(24)19-15(21)13-7-4-9-23-13/h2-7,9H,8,10H2,1H3,(H,17,20)(H2,18,19,21,24). The lowest BCUT2D eigenvalue weighted by Gasteiger charge is -2.13. The summed E-state index contributed by atoms with van der Waals surface area (Å²) in [5, 5.41) is 8.12. The first kappa shape index (κ1) is 17.6. The Hall–Kier alpha value is -2.71. The molecule has 0 aliphatic heterocycles. The highest BCUT2D eigenvalue weighted by Gasteiger charge is 2.14. The highest BCUT2D eigenvalue weighted by atomic mass is 32.1. The van der Waals surface area contributed by atoms with Gasteiger partial charge in [0.2, 0.25) is 0 Å². The molecule has 126 valence electrons. The van der Waals surface area contributed by atoms with E-state index < -0.39 is 5.91 Å². The largest absolute Gasteiger partial charge is 0.459 e. The Balaban J connectivity index is 2.00. The normalized spacial score (nSPS) is 10.0. The zero-order valence-corrected chi connectivity index (χ0v) is 13.8. The van der Waals surface area contributed by atoms with Gasteiger partial charge in [-0.3, -0.25) is 14.9 Å². The van der Waals surface area contributed by atoms with Gasteiger partial charge in [0.15, 0.2) is 10.9 Å². The fraction of sp³-hybridized carbons (Fsp3) is 0.188. The van der Waals surface area contributed by atoms with Crippen molar-refractivity contribution in [3.8, 4) is 0 Å². The van der Waals surface area contributed by atoms with Gasteiger partial charge in [-0.2, -0.15) is 0 Å². The molecule has 2 aromatic rings. The van der Waals surface area contributed by atoms with Gasteiger partial charge in [-0.1, -0.05) is 12.1 Å². The molecule has 1 aromatic heterocycles. The Bertz CT molecular complexity index is 716. The van der Waals surface area contributed by atoms with Gasteiger partial charge in [-0.25, -0.2) is 0 Å². The molecule has 0 unspecified atom stereocenters. The van der Waals surface area contributed by atoms with Crippen LogP contribution in [-0.2, 0) is 4.74 Å². The van der Waals surface area contributed by atoms with E-state index in [1.165, 1.54) is 12.3 Å². The SMILES string of the molecule is COCCNC(=O)c1ccccc1NC(=S)NC(=O)c1ccco1. The van der Waals surface area contributed by atoms with Crippen LogP contribution >= 0.6 is 12.2 Å². The molecule has 0 bridgehead atoms. The van der Waals surface area contributed by atoms with E-state index in [1.807, 2.05) is 0 Å². The maximum absolute atomic E-state index is 12.2. The number of para-hydroxylation sites is 1. The third-order valence-corrected chi connectivity index (χ3v) is 3.19. The Morgan fingerprint density at radius 1 is 1.17 bits per heavy atom. The number of carbonyl (C=O) groups excluding carboxylic acids is 2. The van der Waals surface area contributed by atoms with Gasteiger partial charge in [0.25, 0.3) is 11.8 Å². The summed E-state index contributed by atoms with van der Waals surface area (Å²) in [6.45, 7) is 0.808. The first-order chi connectivity index (χ1) is 11.6. The van der Waals surface area contributed by atoms with E-state index in [0.29, 0.717) is 24.4 Å². The van der Waals surface area contributed by atoms with Crippen molar-refractivity contribution in [2.24, 2.45) is 0 Å². The van der Waals surface area contributed by atoms with E-state index in [-0.39, 0.29) is 16.8 Å². The topological polar surface area (TPSA) is 92.6 Å². The summed E-state index contributed by atoms with van der Waals surface area (Å²) < 4.78 is 9.88. The maximum atomic E-state index is 12.2. The molecule has 1 aromatic carbocycles. The minimum atomic E-state index is -0.473. The number of rotatable bonds is 6. The van der Waals surface area contributed by atoms with E-state index in [0.717, 1.165) is 0 Å². The molecule has 0 saturated heterocycles. The molecule has 0 aliphatic rings. The summed E-state index contributed by atoms with van der Waals surface area (Å²) in [6.07, 6.45) is 1.39. The van der Waals surface area contributed by atoms with E-state index in [4.69, 9.17) is 21.4 Å². The summed E-state index contributed by atoms with van der Waals surface area (Å²) in [6, 6.07) is 9.96. The monoisotopic (exact) mass is 347 g/mol. The minimum absolute atomic E-state index is 0.0635. The van der Waals surface area contributed by atoms with Crippen LogP contribution in [0.15, 0.2) is 47.1 Å². The number of hydrogen-bond acceptors (Lipinski definition) is 5. The molecule has 7 nitrogen and oxygen atoms in total. The van der Waals surface area contributed by atoms with Gasteiger partial charge in [0.05, 0.1) is 24.1 Å². The second-order valence-electron chi connectivity index (χ2n) is 4.68. The Morgan fingerprint density at radius 2 is 1.96 bits per heavy atom. The van der Waals surface area contributed by atoms with Gasteiger partial charge in [0.1, 0.15) is 0 Å². The number of nitrogens with one attached hydrogen (secondary N) is 3. The van der Waals surface area contributed by atoms with Crippen LogP contribution in [-0.4, -0.2) is 37.2 Å². The Morgan fingerprint density at radius 3 is 2.67 bits per heavy atom. The molecule has 24 heavy (non-hydrogen) atoms. The predicted octanol–water partition coefficient (Wildman–Crippen LogP) is 1.78. The molecule has 1 heterocycles. The molecule has 0 saturated carbocycles. The molecule has 0 atom stereocenters. The number of hydrogen-bond donors (Lipinski definition) is 3. The zero-order chi connectivity index (χ0) is 17.4. The lowest BCUT2D eigenvalue weighted by atomic mass is 10.1. The third kappa shape index (κ3) is 4.90. The third-order valence-electron chi connectivity index (χ3n) is 2.98. The molecule has 2 amide bonds. The number of anilines is 1. The van der Waals surface area contributed by atoms with Crippen LogP contribution in [0.4, 0.5) is 5.69 Å². The second kappa shape index (κ2) is 8.80. The molecule has 3 N–H and O–H groups in total. The predicted molar refractivity (Wildman–Crippen MR) is 93.0 cm³/mol. The Labute approximate surface area is 144 Å². The number of ether oxygens (including phenoxy) is 1. The van der Waals surface area contributed by atoms with Crippen molar-refractivity contribution < 1.29 is 18.7 Å². The summed E-state index contributed by atoms with van der Waals surface area (Å²) in [5.41, 5.74) is 0.889. The van der Waals surface area contributed by atoms with Crippen molar-refractivity contribution >= 4 is 34.8 Å². The van der Waals surface area contributed by atoms with Gasteiger partial charge in [-0.05, 0) is 36.5 Å². The zero-order valence-electron chi connectivity index (χ0n) is 13.0. The van der Waals surface area contributed by atoms with E-state index >= 15 is 0 Å². The molecule has 0 fully saturated rings. The summed E-state index contributed by atoms with van der Waals surface area (Å²) in [7, 11) is 1.56. The average molecular weight is 347 g/mol. The highest BCUT2D eigenvalue weighted by Crippen LogP contribution is 2.15. The van der Waals surface area contributed by atoms with Crippen LogP contribution in [0.25, 0.3) is 0 Å².